The van der Waals surface area contributed by atoms with Gasteiger partial charge in [-0.25, -0.2) is 4.98 Å². The van der Waals surface area contributed by atoms with Crippen LogP contribution in [0.15, 0.2) is 52.3 Å². The van der Waals surface area contributed by atoms with Gasteiger partial charge in [0.2, 0.25) is 5.91 Å². The normalized spacial score (nSPS) is 10.7. The van der Waals surface area contributed by atoms with Crippen LogP contribution in [-0.4, -0.2) is 35.4 Å². The molecule has 0 saturated heterocycles. The van der Waals surface area contributed by atoms with Gasteiger partial charge in [-0.2, -0.15) is 0 Å². The Balaban J connectivity index is 1.66. The molecule has 3 aromatic rings. The lowest BCUT2D eigenvalue weighted by atomic mass is 10.2. The Morgan fingerprint density at radius 2 is 1.93 bits per heavy atom. The minimum atomic E-state index is -0.217. The Hall–Kier alpha value is -3.00. The smallest absolute Gasteiger partial charge is 0.283 e. The van der Waals surface area contributed by atoms with Gasteiger partial charge in [0.15, 0.2) is 16.5 Å². The number of carbonyl (C=O) groups is 1. The summed E-state index contributed by atoms with van der Waals surface area (Å²) in [4.78, 5) is 29.1. The molecule has 8 heteroatoms. The standard InChI is InChI=1S/C20H21N3O4S/c1-23-15-9-5-4-8-14(15)22-19(20(23)25)28-12-17(24)21-11-13-7-6-10-16(26-2)18(13)27-3/h4-10H,11-12H2,1-3H3,(H,21,24). The number of carbonyl (C=O) groups excluding carboxylic acids is 1. The average Bonchev–Trinajstić information content (AvgIpc) is 2.73. The van der Waals surface area contributed by atoms with Crippen molar-refractivity contribution in [2.45, 2.75) is 11.6 Å². The highest BCUT2D eigenvalue weighted by Crippen LogP contribution is 2.30. The van der Waals surface area contributed by atoms with Gasteiger partial charge in [0.05, 0.1) is 31.0 Å². The molecule has 0 aliphatic rings. The highest BCUT2D eigenvalue weighted by Gasteiger charge is 2.13. The molecule has 0 saturated carbocycles. The summed E-state index contributed by atoms with van der Waals surface area (Å²) in [5, 5.41) is 3.14. The summed E-state index contributed by atoms with van der Waals surface area (Å²) in [6.07, 6.45) is 0. The largest absolute Gasteiger partial charge is 0.493 e. The van der Waals surface area contributed by atoms with Crippen molar-refractivity contribution in [2.24, 2.45) is 7.05 Å². The summed E-state index contributed by atoms with van der Waals surface area (Å²) < 4.78 is 12.2. The number of methoxy groups -OCH3 is 2. The zero-order chi connectivity index (χ0) is 20.1. The van der Waals surface area contributed by atoms with Gasteiger partial charge in [0.1, 0.15) is 0 Å². The first-order valence-corrected chi connectivity index (χ1v) is 9.59. The fourth-order valence-electron chi connectivity index (χ4n) is 2.82. The number of hydrogen-bond acceptors (Lipinski definition) is 6. The van der Waals surface area contributed by atoms with E-state index in [1.807, 2.05) is 36.4 Å². The fraction of sp³-hybridized carbons (Fsp3) is 0.250. The van der Waals surface area contributed by atoms with E-state index in [1.165, 1.54) is 0 Å². The van der Waals surface area contributed by atoms with Crippen LogP contribution in [0.1, 0.15) is 5.56 Å². The van der Waals surface area contributed by atoms with Crippen LogP contribution < -0.4 is 20.3 Å². The van der Waals surface area contributed by atoms with Crippen LogP contribution in [0.2, 0.25) is 0 Å². The van der Waals surface area contributed by atoms with Crippen LogP contribution in [0, 0.1) is 0 Å². The number of aryl methyl sites for hydroxylation is 1. The predicted octanol–water partition coefficient (Wildman–Crippen LogP) is 2.36. The summed E-state index contributed by atoms with van der Waals surface area (Å²) in [7, 11) is 4.82. The zero-order valence-electron chi connectivity index (χ0n) is 15.9. The maximum absolute atomic E-state index is 12.4. The molecule has 1 heterocycles. The van der Waals surface area contributed by atoms with Gasteiger partial charge in [0, 0.05) is 19.2 Å². The molecular formula is C20H21N3O4S. The molecule has 1 amide bonds. The van der Waals surface area contributed by atoms with E-state index >= 15 is 0 Å². The van der Waals surface area contributed by atoms with Crippen molar-refractivity contribution in [3.8, 4) is 11.5 Å². The minimum Gasteiger partial charge on any atom is -0.493 e. The Bertz CT molecular complexity index is 1060. The number of thioether (sulfide) groups is 1. The highest BCUT2D eigenvalue weighted by molar-refractivity contribution is 7.99. The summed E-state index contributed by atoms with van der Waals surface area (Å²) >= 11 is 1.12. The highest BCUT2D eigenvalue weighted by atomic mass is 32.2. The minimum absolute atomic E-state index is 0.0901. The zero-order valence-corrected chi connectivity index (χ0v) is 16.7. The first-order chi connectivity index (χ1) is 13.5. The van der Waals surface area contributed by atoms with Gasteiger partial charge in [0.25, 0.3) is 5.56 Å². The number of hydrogen-bond donors (Lipinski definition) is 1. The molecule has 0 radical (unpaired) electrons. The second-order valence-corrected chi connectivity index (χ2v) is 6.95. The molecule has 0 unspecified atom stereocenters. The topological polar surface area (TPSA) is 82.5 Å². The van der Waals surface area contributed by atoms with Crippen LogP contribution in [0.4, 0.5) is 0 Å². The predicted molar refractivity (Wildman–Crippen MR) is 109 cm³/mol. The quantitative estimate of drug-likeness (QED) is 0.614. The van der Waals surface area contributed by atoms with E-state index in [1.54, 1.807) is 31.9 Å². The number of amides is 1. The fourth-order valence-corrected chi connectivity index (χ4v) is 3.61. The molecule has 0 atom stereocenters. The summed E-state index contributed by atoms with van der Waals surface area (Å²) in [5.74, 6) is 1.08. The van der Waals surface area contributed by atoms with Crippen molar-refractivity contribution in [1.29, 1.82) is 0 Å². The lowest BCUT2D eigenvalue weighted by Crippen LogP contribution is -2.26. The summed E-state index contributed by atoms with van der Waals surface area (Å²) in [6.45, 7) is 0.295. The molecule has 0 bridgehead atoms. The molecule has 28 heavy (non-hydrogen) atoms. The van der Waals surface area contributed by atoms with Crippen molar-refractivity contribution < 1.29 is 14.3 Å². The molecule has 2 aromatic carbocycles. The van der Waals surface area contributed by atoms with Gasteiger partial charge in [-0.3, -0.25) is 9.59 Å². The van der Waals surface area contributed by atoms with E-state index in [4.69, 9.17) is 9.47 Å². The number of aromatic nitrogens is 2. The average molecular weight is 399 g/mol. The van der Waals surface area contributed by atoms with Crippen molar-refractivity contribution in [2.75, 3.05) is 20.0 Å². The second kappa shape index (κ2) is 8.79. The number of benzene rings is 2. The van der Waals surface area contributed by atoms with Gasteiger partial charge in [-0.15, -0.1) is 0 Å². The van der Waals surface area contributed by atoms with Crippen LogP contribution in [0.5, 0.6) is 11.5 Å². The Morgan fingerprint density at radius 3 is 2.68 bits per heavy atom. The molecule has 0 aliphatic heterocycles. The monoisotopic (exact) mass is 399 g/mol. The van der Waals surface area contributed by atoms with E-state index in [2.05, 4.69) is 10.3 Å². The number of ether oxygens (including phenoxy) is 2. The third-order valence-corrected chi connectivity index (χ3v) is 5.20. The molecule has 1 N–H and O–H groups in total. The van der Waals surface area contributed by atoms with Crippen LogP contribution >= 0.6 is 11.8 Å². The number of nitrogens with one attached hydrogen (secondary N) is 1. The molecule has 0 aliphatic carbocycles. The summed E-state index contributed by atoms with van der Waals surface area (Å²) in [6, 6.07) is 12.9. The van der Waals surface area contributed by atoms with E-state index < -0.39 is 0 Å². The molecule has 146 valence electrons. The van der Waals surface area contributed by atoms with E-state index in [9.17, 15) is 9.59 Å². The number of fused-ring (bicyclic) bond motifs is 1. The molecule has 0 spiro atoms. The van der Waals surface area contributed by atoms with Crippen molar-refractivity contribution in [3.05, 3.63) is 58.4 Å². The van der Waals surface area contributed by atoms with Crippen LogP contribution in [-0.2, 0) is 18.4 Å². The van der Waals surface area contributed by atoms with Crippen molar-refractivity contribution in [3.63, 3.8) is 0 Å². The number of rotatable bonds is 7. The lowest BCUT2D eigenvalue weighted by Gasteiger charge is -2.13. The van der Waals surface area contributed by atoms with Crippen LogP contribution in [0.3, 0.4) is 0 Å². The van der Waals surface area contributed by atoms with Crippen molar-refractivity contribution >= 4 is 28.7 Å². The van der Waals surface area contributed by atoms with Gasteiger partial charge < -0.3 is 19.4 Å². The third kappa shape index (κ3) is 4.12. The van der Waals surface area contributed by atoms with E-state index in [0.717, 1.165) is 22.8 Å². The van der Waals surface area contributed by atoms with E-state index in [-0.39, 0.29) is 17.2 Å². The molecule has 1 aromatic heterocycles. The maximum atomic E-state index is 12.4. The molecule has 7 nitrogen and oxygen atoms in total. The van der Waals surface area contributed by atoms with Gasteiger partial charge in [-0.1, -0.05) is 36.0 Å². The SMILES string of the molecule is COc1cccc(CNC(=O)CSc2nc3ccccc3n(C)c2=O)c1OC. The van der Waals surface area contributed by atoms with E-state index in [0.29, 0.717) is 28.6 Å². The molecule has 0 fully saturated rings. The maximum Gasteiger partial charge on any atom is 0.283 e. The molecular weight excluding hydrogens is 378 g/mol. The first kappa shape index (κ1) is 19.8. The summed E-state index contributed by atoms with van der Waals surface area (Å²) in [5.41, 5.74) is 2.06. The third-order valence-electron chi connectivity index (χ3n) is 4.25. The number of para-hydroxylation sites is 3. The Morgan fingerprint density at radius 1 is 1.14 bits per heavy atom. The van der Waals surface area contributed by atoms with Crippen LogP contribution in [0.25, 0.3) is 11.0 Å². The van der Waals surface area contributed by atoms with Crippen molar-refractivity contribution in [1.82, 2.24) is 14.9 Å². The van der Waals surface area contributed by atoms with Gasteiger partial charge >= 0.3 is 0 Å². The second-order valence-electron chi connectivity index (χ2n) is 5.99. The lowest BCUT2D eigenvalue weighted by molar-refractivity contribution is -0.118. The van der Waals surface area contributed by atoms with Gasteiger partial charge in [-0.05, 0) is 18.2 Å². The Labute approximate surface area is 166 Å². The molecule has 3 rings (SSSR count). The number of nitrogens with zero attached hydrogens (tertiary/aromatic N) is 2. The Kier molecular flexibility index (Phi) is 6.20. The first-order valence-electron chi connectivity index (χ1n) is 8.60.